The van der Waals surface area contributed by atoms with E-state index >= 15 is 0 Å². The van der Waals surface area contributed by atoms with Crippen molar-refractivity contribution in [3.8, 4) is 0 Å². The number of fused-ring (bicyclic) bond motifs is 2. The molecule has 2 saturated heterocycles. The normalized spacial score (nSPS) is 30.8. The number of pyridine rings is 1. The number of nitrogens with zero attached hydrogens (tertiary/aromatic N) is 1. The van der Waals surface area contributed by atoms with Crippen molar-refractivity contribution in [1.29, 1.82) is 0 Å². The first-order valence-electron chi connectivity index (χ1n) is 8.57. The lowest BCUT2D eigenvalue weighted by molar-refractivity contribution is -0.152. The number of benzene rings is 1. The van der Waals surface area contributed by atoms with Crippen LogP contribution in [0.1, 0.15) is 31.5 Å². The van der Waals surface area contributed by atoms with Gasteiger partial charge in [0.2, 0.25) is 0 Å². The maximum absolute atomic E-state index is 10.2. The van der Waals surface area contributed by atoms with Gasteiger partial charge in [-0.3, -0.25) is 4.98 Å². The number of hydrogen-bond donors (Lipinski definition) is 1. The highest BCUT2D eigenvalue weighted by atomic mass is 79.9. The van der Waals surface area contributed by atoms with Gasteiger partial charge in [-0.05, 0) is 67.2 Å². The zero-order valence-corrected chi connectivity index (χ0v) is 16.9. The van der Waals surface area contributed by atoms with Gasteiger partial charge in [-0.2, -0.15) is 0 Å². The number of aromatic nitrogens is 1. The van der Waals surface area contributed by atoms with Gasteiger partial charge < -0.3 is 14.6 Å². The van der Waals surface area contributed by atoms with Gasteiger partial charge >= 0.3 is 0 Å². The Balaban J connectivity index is 1.48. The van der Waals surface area contributed by atoms with Gasteiger partial charge in [0.15, 0.2) is 5.79 Å². The lowest BCUT2D eigenvalue weighted by atomic mass is 10.0. The molecule has 4 rings (SSSR count). The maximum Gasteiger partial charge on any atom is 0.163 e. The summed E-state index contributed by atoms with van der Waals surface area (Å²) in [5.41, 5.74) is 2.78. The van der Waals surface area contributed by atoms with Gasteiger partial charge in [-0.15, -0.1) is 11.8 Å². The van der Waals surface area contributed by atoms with Crippen LogP contribution in [0.15, 0.2) is 28.7 Å². The predicted molar refractivity (Wildman–Crippen MR) is 104 cm³/mol. The average Bonchev–Trinajstić information content (AvgIpc) is 3.01. The van der Waals surface area contributed by atoms with Crippen LogP contribution in [0.3, 0.4) is 0 Å². The first-order chi connectivity index (χ1) is 11.8. The third-order valence-electron chi connectivity index (χ3n) is 4.85. The van der Waals surface area contributed by atoms with Crippen LogP contribution in [0, 0.1) is 6.92 Å². The minimum absolute atomic E-state index is 0.0354. The summed E-state index contributed by atoms with van der Waals surface area (Å²) in [6.45, 7) is 5.83. The SMILES string of the molecule is Cc1nc2cc(CC[C@H]3SC(O)[C@@H]4OC(C)(C)O[C@H]34)ccc2cc1Br. The molecule has 0 saturated carbocycles. The molecule has 2 aliphatic rings. The molecule has 2 aromatic rings. The van der Waals surface area contributed by atoms with E-state index in [0.29, 0.717) is 0 Å². The van der Waals surface area contributed by atoms with Crippen LogP contribution in [-0.4, -0.2) is 38.8 Å². The van der Waals surface area contributed by atoms with E-state index in [1.54, 1.807) is 11.8 Å². The fourth-order valence-electron chi connectivity index (χ4n) is 3.64. The van der Waals surface area contributed by atoms with Crippen molar-refractivity contribution in [3.63, 3.8) is 0 Å². The lowest BCUT2D eigenvalue weighted by Crippen LogP contribution is -2.29. The van der Waals surface area contributed by atoms with E-state index < -0.39 is 11.2 Å². The summed E-state index contributed by atoms with van der Waals surface area (Å²) in [7, 11) is 0. The molecule has 0 amide bonds. The number of halogens is 1. The average molecular weight is 424 g/mol. The molecule has 6 heteroatoms. The topological polar surface area (TPSA) is 51.6 Å². The van der Waals surface area contributed by atoms with Crippen molar-refractivity contribution in [1.82, 2.24) is 4.98 Å². The van der Waals surface area contributed by atoms with Crippen molar-refractivity contribution < 1.29 is 14.6 Å². The molecule has 0 bridgehead atoms. The Labute approximate surface area is 160 Å². The van der Waals surface area contributed by atoms with Gasteiger partial charge in [0.25, 0.3) is 0 Å². The van der Waals surface area contributed by atoms with E-state index in [9.17, 15) is 5.11 Å². The molecule has 1 aromatic heterocycles. The second-order valence-electron chi connectivity index (χ2n) is 7.25. The van der Waals surface area contributed by atoms with E-state index in [4.69, 9.17) is 9.47 Å². The Morgan fingerprint density at radius 2 is 2.00 bits per heavy atom. The number of ether oxygens (including phenoxy) is 2. The molecule has 2 aliphatic heterocycles. The zero-order chi connectivity index (χ0) is 17.8. The first-order valence-corrected chi connectivity index (χ1v) is 10.3. The number of aliphatic hydroxyl groups is 1. The number of hydrogen-bond acceptors (Lipinski definition) is 5. The molecule has 4 atom stereocenters. The van der Waals surface area contributed by atoms with E-state index in [1.165, 1.54) is 5.56 Å². The smallest absolute Gasteiger partial charge is 0.163 e. The lowest BCUT2D eigenvalue weighted by Gasteiger charge is -2.22. The van der Waals surface area contributed by atoms with Gasteiger partial charge in [0.05, 0.1) is 11.2 Å². The Bertz CT molecular complexity index is 813. The molecule has 3 heterocycles. The highest BCUT2D eigenvalue weighted by Crippen LogP contribution is 2.46. The molecule has 1 unspecified atom stereocenters. The van der Waals surface area contributed by atoms with Crippen LogP contribution < -0.4 is 0 Å². The van der Waals surface area contributed by atoms with Gasteiger partial charge in [-0.1, -0.05) is 12.1 Å². The van der Waals surface area contributed by atoms with Crippen LogP contribution in [0.2, 0.25) is 0 Å². The molecule has 0 spiro atoms. The summed E-state index contributed by atoms with van der Waals surface area (Å²) in [6.07, 6.45) is 1.63. The van der Waals surface area contributed by atoms with Gasteiger partial charge in [0.1, 0.15) is 17.6 Å². The summed E-state index contributed by atoms with van der Waals surface area (Å²) in [6, 6.07) is 8.56. The van der Waals surface area contributed by atoms with Crippen LogP contribution in [0.25, 0.3) is 10.9 Å². The third-order valence-corrected chi connectivity index (χ3v) is 7.06. The van der Waals surface area contributed by atoms with Gasteiger partial charge in [0, 0.05) is 15.1 Å². The summed E-state index contributed by atoms with van der Waals surface area (Å²) in [5.74, 6) is -0.604. The molecule has 0 aliphatic carbocycles. The maximum atomic E-state index is 10.2. The Hall–Kier alpha value is -0.660. The summed E-state index contributed by atoms with van der Waals surface area (Å²) < 4.78 is 12.9. The largest absolute Gasteiger partial charge is 0.380 e. The Morgan fingerprint density at radius 1 is 1.24 bits per heavy atom. The molecular weight excluding hydrogens is 402 g/mol. The van der Waals surface area contributed by atoms with Gasteiger partial charge in [-0.25, -0.2) is 0 Å². The number of thioether (sulfide) groups is 1. The predicted octanol–water partition coefficient (Wildman–Crippen LogP) is 4.19. The van der Waals surface area contributed by atoms with Crippen molar-refractivity contribution >= 4 is 38.6 Å². The second-order valence-corrected chi connectivity index (χ2v) is 9.47. The molecule has 25 heavy (non-hydrogen) atoms. The van der Waals surface area contributed by atoms with Crippen molar-refractivity contribution in [2.45, 2.75) is 62.3 Å². The molecule has 1 aromatic carbocycles. The van der Waals surface area contributed by atoms with Crippen LogP contribution in [0.4, 0.5) is 0 Å². The summed E-state index contributed by atoms with van der Waals surface area (Å²) >= 11 is 5.11. The van der Waals surface area contributed by atoms with E-state index in [1.807, 2.05) is 20.8 Å². The number of aryl methyl sites for hydroxylation is 2. The van der Waals surface area contributed by atoms with Crippen LogP contribution >= 0.6 is 27.7 Å². The number of aliphatic hydroxyl groups excluding tert-OH is 1. The molecule has 1 N–H and O–H groups in total. The Kier molecular flexibility index (Phi) is 4.61. The highest BCUT2D eigenvalue weighted by Gasteiger charge is 2.53. The van der Waals surface area contributed by atoms with Crippen LogP contribution in [-0.2, 0) is 15.9 Å². The molecule has 4 nitrogen and oxygen atoms in total. The van der Waals surface area contributed by atoms with E-state index in [2.05, 4.69) is 45.2 Å². The first kappa shape index (κ1) is 17.7. The second kappa shape index (κ2) is 6.50. The minimum Gasteiger partial charge on any atom is -0.380 e. The fourth-order valence-corrected chi connectivity index (χ4v) is 5.32. The monoisotopic (exact) mass is 423 g/mol. The number of rotatable bonds is 3. The van der Waals surface area contributed by atoms with Crippen LogP contribution in [0.5, 0.6) is 0 Å². The zero-order valence-electron chi connectivity index (χ0n) is 14.5. The van der Waals surface area contributed by atoms with E-state index in [0.717, 1.165) is 33.9 Å². The minimum atomic E-state index is -0.604. The molecule has 134 valence electrons. The highest BCUT2D eigenvalue weighted by molar-refractivity contribution is 9.10. The third kappa shape index (κ3) is 3.47. The Morgan fingerprint density at radius 3 is 2.80 bits per heavy atom. The standard InChI is InChI=1S/C19H22BrNO3S/c1-10-13(20)9-12-6-4-11(8-14(12)21-10)5-7-15-16-17(18(22)25-15)24-19(2,3)23-16/h4,6,8-9,15-18,22H,5,7H2,1-3H3/t15-,16-,17-,18?/m1/s1. The van der Waals surface area contributed by atoms with Crippen molar-refractivity contribution in [2.24, 2.45) is 0 Å². The summed E-state index contributed by atoms with van der Waals surface area (Å²) in [4.78, 5) is 4.66. The summed E-state index contributed by atoms with van der Waals surface area (Å²) in [5, 5.41) is 11.6. The quantitative estimate of drug-likeness (QED) is 0.801. The van der Waals surface area contributed by atoms with Crippen molar-refractivity contribution in [2.75, 3.05) is 0 Å². The van der Waals surface area contributed by atoms with E-state index in [-0.39, 0.29) is 17.5 Å². The van der Waals surface area contributed by atoms with Crippen molar-refractivity contribution in [3.05, 3.63) is 40.0 Å². The molecular formula is C19H22BrNO3S. The fraction of sp³-hybridized carbons (Fsp3) is 0.526. The molecule has 2 fully saturated rings. The molecule has 0 radical (unpaired) electrons.